The molecule has 53 heavy (non-hydrogen) atoms. The lowest BCUT2D eigenvalue weighted by Crippen LogP contribution is -2.61. The summed E-state index contributed by atoms with van der Waals surface area (Å²) in [7, 11) is 8.93. The molecule has 3 fully saturated rings. The lowest BCUT2D eigenvalue weighted by Gasteiger charge is -2.50. The van der Waals surface area contributed by atoms with Crippen molar-refractivity contribution in [3.63, 3.8) is 0 Å². The molecule has 3 aliphatic rings. The van der Waals surface area contributed by atoms with Gasteiger partial charge in [0, 0.05) is 57.2 Å². The second kappa shape index (κ2) is 18.3. The van der Waals surface area contributed by atoms with Crippen LogP contribution in [0.5, 0.6) is 0 Å². The van der Waals surface area contributed by atoms with Crippen molar-refractivity contribution >= 4 is 11.7 Å². The number of esters is 1. The molecule has 3 N–H and O–H groups in total. The Kier molecular flexibility index (Phi) is 16.0. The zero-order chi connectivity index (χ0) is 40.4. The first-order valence-electron chi connectivity index (χ1n) is 19.7. The van der Waals surface area contributed by atoms with Gasteiger partial charge in [-0.2, -0.15) is 0 Å². The monoisotopic (exact) mass is 759 g/mol. The minimum absolute atomic E-state index is 0.0295. The van der Waals surface area contributed by atoms with Crippen LogP contribution in [0.15, 0.2) is 4.99 Å². The predicted molar refractivity (Wildman–Crippen MR) is 203 cm³/mol. The maximum absolute atomic E-state index is 14.3. The summed E-state index contributed by atoms with van der Waals surface area (Å²) < 4.78 is 44.8. The average Bonchev–Trinajstić information content (AvgIpc) is 3.08. The van der Waals surface area contributed by atoms with Crippen molar-refractivity contribution in [1.82, 2.24) is 4.90 Å². The number of ether oxygens (including phenoxy) is 7. The Bertz CT molecular complexity index is 1220. The van der Waals surface area contributed by atoms with Gasteiger partial charge in [0.05, 0.1) is 47.6 Å². The molecule has 18 atom stereocenters. The van der Waals surface area contributed by atoms with E-state index in [1.807, 2.05) is 48.7 Å². The highest BCUT2D eigenvalue weighted by atomic mass is 16.7. The highest BCUT2D eigenvalue weighted by molar-refractivity contribution is 5.89. The van der Waals surface area contributed by atoms with Gasteiger partial charge in [-0.25, -0.2) is 0 Å². The molecule has 3 heterocycles. The van der Waals surface area contributed by atoms with E-state index in [9.17, 15) is 20.1 Å². The molecule has 0 bridgehead atoms. The van der Waals surface area contributed by atoms with Gasteiger partial charge in [0.2, 0.25) is 0 Å². The van der Waals surface area contributed by atoms with Crippen molar-refractivity contribution in [2.45, 2.75) is 180 Å². The lowest BCUT2D eigenvalue weighted by molar-refractivity contribution is -0.315. The largest absolute Gasteiger partial charge is 0.459 e. The SMILES string of the molecule is CC[C@H]1OC(=O)[C@H](C)[C@@H](O[C@H]2C[C@@](C)(OC)[C@@H](C)[C@H](C)O2)[C@H](C)[C@@H](O[C@@H]2O[C@H](C)C[C@H](N(C)C)[C@H]2OC)[C@](C)(O)C[C@@H](C)C(=NC)[C@H](C)[C@@H](O)[C@]1(C)O. The fourth-order valence-corrected chi connectivity index (χ4v) is 9.26. The minimum Gasteiger partial charge on any atom is -0.459 e. The maximum Gasteiger partial charge on any atom is 0.311 e. The first kappa shape index (κ1) is 46.1. The molecule has 0 spiro atoms. The highest BCUT2D eigenvalue weighted by Gasteiger charge is 2.53. The number of likely N-dealkylation sites (N-methyl/N-ethyl adjacent to an activating group) is 1. The molecule has 0 radical (unpaired) electrons. The summed E-state index contributed by atoms with van der Waals surface area (Å²) in [5.74, 6) is -3.14. The van der Waals surface area contributed by atoms with Gasteiger partial charge in [0.25, 0.3) is 0 Å². The quantitative estimate of drug-likeness (QED) is 0.304. The van der Waals surface area contributed by atoms with E-state index in [2.05, 4.69) is 16.8 Å². The molecule has 0 aromatic rings. The molecule has 0 aliphatic carbocycles. The van der Waals surface area contributed by atoms with Gasteiger partial charge in [-0.3, -0.25) is 9.79 Å². The van der Waals surface area contributed by atoms with Crippen LogP contribution in [0.1, 0.15) is 102 Å². The highest BCUT2D eigenvalue weighted by Crippen LogP contribution is 2.42. The van der Waals surface area contributed by atoms with E-state index in [1.54, 1.807) is 49.0 Å². The zero-order valence-electron chi connectivity index (χ0n) is 35.5. The van der Waals surface area contributed by atoms with Crippen LogP contribution >= 0.6 is 0 Å². The Labute approximate surface area is 319 Å². The van der Waals surface area contributed by atoms with Crippen molar-refractivity contribution in [2.24, 2.45) is 34.6 Å². The van der Waals surface area contributed by atoms with E-state index in [0.717, 1.165) is 6.42 Å². The molecule has 3 aliphatic heterocycles. The summed E-state index contributed by atoms with van der Waals surface area (Å²) in [4.78, 5) is 20.9. The van der Waals surface area contributed by atoms with Gasteiger partial charge >= 0.3 is 5.97 Å². The average molecular weight is 759 g/mol. The molecule has 0 unspecified atom stereocenters. The van der Waals surface area contributed by atoms with Crippen LogP contribution in [0.25, 0.3) is 0 Å². The number of aliphatic imine (C=N–C) groups is 1. The Balaban J connectivity index is 2.23. The summed E-state index contributed by atoms with van der Waals surface area (Å²) in [6, 6.07) is -0.0295. The smallest absolute Gasteiger partial charge is 0.311 e. The van der Waals surface area contributed by atoms with Crippen LogP contribution in [0.4, 0.5) is 0 Å². The molecular formula is C40H74N2O11. The Morgan fingerprint density at radius 2 is 1.55 bits per heavy atom. The Morgan fingerprint density at radius 1 is 0.925 bits per heavy atom. The van der Waals surface area contributed by atoms with E-state index in [1.165, 1.54) is 6.92 Å². The van der Waals surface area contributed by atoms with Gasteiger partial charge in [-0.1, -0.05) is 34.6 Å². The number of carbonyl (C=O) groups is 1. The molecule has 13 nitrogen and oxygen atoms in total. The summed E-state index contributed by atoms with van der Waals surface area (Å²) in [6.07, 6.45) is -5.22. The van der Waals surface area contributed by atoms with E-state index in [-0.39, 0.29) is 42.9 Å². The molecule has 13 heteroatoms. The molecule has 0 amide bonds. The fraction of sp³-hybridized carbons (Fsp3) is 0.950. The van der Waals surface area contributed by atoms with Gasteiger partial charge in [-0.15, -0.1) is 0 Å². The van der Waals surface area contributed by atoms with Crippen molar-refractivity contribution < 1.29 is 53.3 Å². The van der Waals surface area contributed by atoms with Gasteiger partial charge in [0.15, 0.2) is 12.6 Å². The fourth-order valence-electron chi connectivity index (χ4n) is 9.26. The number of carbonyl (C=O) groups excluding carboxylic acids is 1. The molecule has 310 valence electrons. The maximum atomic E-state index is 14.3. The van der Waals surface area contributed by atoms with Gasteiger partial charge < -0.3 is 53.4 Å². The number of cyclic esters (lactones) is 1. The number of nitrogens with zero attached hydrogens (tertiary/aromatic N) is 2. The standard InChI is InChI=1S/C40H74N2O11/c1-17-29-40(11,46)34(43)23(4)31(41-12)21(2)19-38(9,45)35(53-37-33(47-15)28(42(13)14)18-22(3)49-37)24(5)32(25(6)36(44)51-29)52-30-20-39(10,48-16)26(7)27(8)50-30/h21-30,32-35,37,43,45-46H,17-20H2,1-16H3/t21-,22-,23+,24+,25-,26+,27+,28+,29-,30+,32+,33-,34-,35-,37+,38-,39-,40-/m1/s1. The Morgan fingerprint density at radius 3 is 2.08 bits per heavy atom. The Hall–Kier alpha value is -1.26. The third-order valence-electron chi connectivity index (χ3n) is 13.0. The van der Waals surface area contributed by atoms with Crippen molar-refractivity contribution in [3.05, 3.63) is 0 Å². The lowest BCUT2D eigenvalue weighted by atomic mass is 9.73. The topological polar surface area (TPSA) is 158 Å². The van der Waals surface area contributed by atoms with Crippen LogP contribution in [-0.4, -0.2) is 145 Å². The van der Waals surface area contributed by atoms with E-state index in [0.29, 0.717) is 12.1 Å². The van der Waals surface area contributed by atoms with Crippen molar-refractivity contribution in [1.29, 1.82) is 0 Å². The van der Waals surface area contributed by atoms with E-state index in [4.69, 9.17) is 33.2 Å². The first-order valence-corrected chi connectivity index (χ1v) is 19.7. The van der Waals surface area contributed by atoms with Crippen LogP contribution in [0, 0.1) is 29.6 Å². The van der Waals surface area contributed by atoms with Gasteiger partial charge in [-0.05, 0) is 80.8 Å². The van der Waals surface area contributed by atoms with Crippen LogP contribution < -0.4 is 0 Å². The van der Waals surface area contributed by atoms with Crippen molar-refractivity contribution in [2.75, 3.05) is 35.4 Å². The second-order valence-corrected chi connectivity index (χ2v) is 17.3. The summed E-state index contributed by atoms with van der Waals surface area (Å²) in [6.45, 7) is 20.4. The number of aliphatic hydroxyl groups excluding tert-OH is 1. The zero-order valence-corrected chi connectivity index (χ0v) is 35.5. The first-order chi connectivity index (χ1) is 24.5. The summed E-state index contributed by atoms with van der Waals surface area (Å²) in [5.41, 5.74) is -3.34. The normalized spacial score (nSPS) is 49.1. The molecule has 0 saturated carbocycles. The molecule has 3 saturated heterocycles. The van der Waals surface area contributed by atoms with Crippen LogP contribution in [-0.2, 0) is 38.0 Å². The van der Waals surface area contributed by atoms with E-state index < -0.39 is 83.6 Å². The number of methoxy groups -OCH3 is 2. The van der Waals surface area contributed by atoms with Gasteiger partial charge in [0.1, 0.15) is 17.8 Å². The molecule has 0 aromatic heterocycles. The summed E-state index contributed by atoms with van der Waals surface area (Å²) >= 11 is 0. The summed E-state index contributed by atoms with van der Waals surface area (Å²) in [5, 5.41) is 36.2. The third-order valence-corrected chi connectivity index (χ3v) is 13.0. The molecular weight excluding hydrogens is 684 g/mol. The third kappa shape index (κ3) is 10.0. The second-order valence-electron chi connectivity index (χ2n) is 17.3. The number of hydrogen-bond donors (Lipinski definition) is 3. The predicted octanol–water partition coefficient (Wildman–Crippen LogP) is 4.22. The van der Waals surface area contributed by atoms with Crippen LogP contribution in [0.3, 0.4) is 0 Å². The molecule has 3 rings (SSSR count). The van der Waals surface area contributed by atoms with E-state index >= 15 is 0 Å². The number of rotatable bonds is 8. The van der Waals surface area contributed by atoms with Crippen molar-refractivity contribution in [3.8, 4) is 0 Å². The molecule has 0 aromatic carbocycles. The number of aliphatic hydroxyl groups is 3. The minimum atomic E-state index is -1.81. The number of hydrogen-bond acceptors (Lipinski definition) is 13. The van der Waals surface area contributed by atoms with Crippen LogP contribution in [0.2, 0.25) is 0 Å².